The lowest BCUT2D eigenvalue weighted by Gasteiger charge is -2.14. The van der Waals surface area contributed by atoms with E-state index in [0.29, 0.717) is 27.8 Å². The predicted molar refractivity (Wildman–Crippen MR) is 72.9 cm³/mol. The Morgan fingerprint density at radius 3 is 2.53 bits per heavy atom. The molecule has 1 aromatic carbocycles. The maximum Gasteiger partial charge on any atom is 0.161 e. The maximum absolute atomic E-state index is 10.3. The van der Waals surface area contributed by atoms with Gasteiger partial charge in [-0.15, -0.1) is 0 Å². The largest absolute Gasteiger partial charge is 0.493 e. The minimum atomic E-state index is -0.909. The monoisotopic (exact) mass is 279 g/mol. The van der Waals surface area contributed by atoms with Crippen LogP contribution in [-0.2, 0) is 0 Å². The van der Waals surface area contributed by atoms with Crippen molar-refractivity contribution in [2.24, 2.45) is 0 Å². The summed E-state index contributed by atoms with van der Waals surface area (Å²) in [7, 11) is 3.10. The van der Waals surface area contributed by atoms with Crippen LogP contribution in [-0.4, -0.2) is 24.3 Å². The quantitative estimate of drug-likeness (QED) is 0.935. The van der Waals surface area contributed by atoms with E-state index in [1.807, 2.05) is 0 Å². The molecule has 0 aliphatic carbocycles. The van der Waals surface area contributed by atoms with Crippen molar-refractivity contribution in [1.82, 2.24) is 4.98 Å². The molecule has 2 aromatic rings. The van der Waals surface area contributed by atoms with Gasteiger partial charge in [0.05, 0.1) is 24.9 Å². The van der Waals surface area contributed by atoms with Crippen molar-refractivity contribution in [3.05, 3.63) is 52.8 Å². The Hall–Kier alpha value is -1.78. The number of ether oxygens (including phenoxy) is 2. The van der Waals surface area contributed by atoms with Crippen molar-refractivity contribution in [2.75, 3.05) is 14.2 Å². The Kier molecular flexibility index (Phi) is 4.24. The van der Waals surface area contributed by atoms with Gasteiger partial charge in [0.2, 0.25) is 0 Å². The fourth-order valence-corrected chi connectivity index (χ4v) is 2.00. The van der Waals surface area contributed by atoms with E-state index in [0.717, 1.165) is 0 Å². The molecule has 1 unspecified atom stereocenters. The molecule has 100 valence electrons. The number of methoxy groups -OCH3 is 2. The molecule has 0 fully saturated rings. The van der Waals surface area contributed by atoms with Crippen molar-refractivity contribution in [2.45, 2.75) is 6.10 Å². The summed E-state index contributed by atoms with van der Waals surface area (Å²) in [6.45, 7) is 0. The number of hydrogen-bond donors (Lipinski definition) is 1. The summed E-state index contributed by atoms with van der Waals surface area (Å²) in [6, 6.07) is 8.58. The van der Waals surface area contributed by atoms with Crippen LogP contribution in [0, 0.1) is 0 Å². The lowest BCUT2D eigenvalue weighted by molar-refractivity contribution is 0.214. The highest BCUT2D eigenvalue weighted by Crippen LogP contribution is 2.33. The molecule has 5 heteroatoms. The fourth-order valence-electron chi connectivity index (χ4n) is 1.78. The summed E-state index contributed by atoms with van der Waals surface area (Å²) in [5.41, 5.74) is 1.05. The zero-order valence-corrected chi connectivity index (χ0v) is 11.4. The van der Waals surface area contributed by atoms with Crippen molar-refractivity contribution in [3.63, 3.8) is 0 Å². The molecule has 1 N–H and O–H groups in total. The number of pyridine rings is 1. The molecule has 0 spiro atoms. The number of benzene rings is 1. The van der Waals surface area contributed by atoms with Crippen LogP contribution in [0.4, 0.5) is 0 Å². The number of rotatable bonds is 4. The number of halogens is 1. The van der Waals surface area contributed by atoms with Crippen LogP contribution in [0.25, 0.3) is 0 Å². The molecular formula is C14H14ClNO3. The number of aromatic nitrogens is 1. The van der Waals surface area contributed by atoms with Crippen molar-refractivity contribution >= 4 is 11.6 Å². The summed E-state index contributed by atoms with van der Waals surface area (Å²) < 4.78 is 10.4. The van der Waals surface area contributed by atoms with Gasteiger partial charge in [-0.1, -0.05) is 17.7 Å². The van der Waals surface area contributed by atoms with Crippen molar-refractivity contribution in [1.29, 1.82) is 0 Å². The smallest absolute Gasteiger partial charge is 0.161 e. The van der Waals surface area contributed by atoms with Gasteiger partial charge >= 0.3 is 0 Å². The molecule has 1 heterocycles. The summed E-state index contributed by atoms with van der Waals surface area (Å²) >= 11 is 6.02. The average Bonchev–Trinajstić information content (AvgIpc) is 2.46. The summed E-state index contributed by atoms with van der Waals surface area (Å²) in [5, 5.41) is 10.7. The average molecular weight is 280 g/mol. The SMILES string of the molecule is COc1ccc(C(O)c2ncccc2Cl)cc1OC. The minimum Gasteiger partial charge on any atom is -0.493 e. The summed E-state index contributed by atoms with van der Waals surface area (Å²) in [6.07, 6.45) is 0.680. The first-order chi connectivity index (χ1) is 9.17. The van der Waals surface area contributed by atoms with E-state index < -0.39 is 6.10 Å². The molecule has 4 nitrogen and oxygen atoms in total. The molecule has 0 aliphatic heterocycles. The fraction of sp³-hybridized carbons (Fsp3) is 0.214. The zero-order valence-electron chi connectivity index (χ0n) is 10.6. The molecule has 1 aromatic heterocycles. The molecule has 1 atom stereocenters. The lowest BCUT2D eigenvalue weighted by Crippen LogP contribution is -2.03. The zero-order chi connectivity index (χ0) is 13.8. The van der Waals surface area contributed by atoms with Gasteiger partial charge in [0.15, 0.2) is 11.5 Å². The van der Waals surface area contributed by atoms with E-state index in [9.17, 15) is 5.11 Å². The van der Waals surface area contributed by atoms with Crippen LogP contribution in [0.2, 0.25) is 5.02 Å². The van der Waals surface area contributed by atoms with Gasteiger partial charge < -0.3 is 14.6 Å². The molecule has 0 aliphatic rings. The van der Waals surface area contributed by atoms with E-state index in [1.165, 1.54) is 0 Å². The molecule has 0 saturated carbocycles. The van der Waals surface area contributed by atoms with E-state index in [4.69, 9.17) is 21.1 Å². The third kappa shape index (κ3) is 2.80. The number of aliphatic hydroxyl groups excluding tert-OH is 1. The minimum absolute atomic E-state index is 0.413. The standard InChI is InChI=1S/C14H14ClNO3/c1-18-11-6-5-9(8-12(11)19-2)14(17)13-10(15)4-3-7-16-13/h3-8,14,17H,1-2H3. The first-order valence-corrected chi connectivity index (χ1v) is 6.05. The Bertz CT molecular complexity index is 574. The van der Waals surface area contributed by atoms with Crippen LogP contribution >= 0.6 is 11.6 Å². The maximum atomic E-state index is 10.3. The van der Waals surface area contributed by atoms with Crippen molar-refractivity contribution in [3.8, 4) is 11.5 Å². The molecule has 0 saturated heterocycles. The second kappa shape index (κ2) is 5.91. The highest BCUT2D eigenvalue weighted by molar-refractivity contribution is 6.31. The van der Waals surface area contributed by atoms with Gasteiger partial charge in [-0.05, 0) is 29.8 Å². The summed E-state index contributed by atoms with van der Waals surface area (Å²) in [5.74, 6) is 1.15. The highest BCUT2D eigenvalue weighted by atomic mass is 35.5. The molecule has 0 amide bonds. The first kappa shape index (κ1) is 13.6. The van der Waals surface area contributed by atoms with E-state index in [2.05, 4.69) is 4.98 Å². The number of hydrogen-bond acceptors (Lipinski definition) is 4. The second-order valence-corrected chi connectivity index (χ2v) is 4.29. The third-order valence-corrected chi connectivity index (χ3v) is 3.09. The van der Waals surface area contributed by atoms with Crippen LogP contribution in [0.3, 0.4) is 0 Å². The van der Waals surface area contributed by atoms with E-state index in [-0.39, 0.29) is 0 Å². The van der Waals surface area contributed by atoms with Gasteiger partial charge in [0.1, 0.15) is 6.10 Å². The molecule has 2 rings (SSSR count). The van der Waals surface area contributed by atoms with E-state index >= 15 is 0 Å². The lowest BCUT2D eigenvalue weighted by atomic mass is 10.1. The summed E-state index contributed by atoms with van der Waals surface area (Å²) in [4.78, 5) is 4.10. The topological polar surface area (TPSA) is 51.6 Å². The normalized spacial score (nSPS) is 12.0. The van der Waals surface area contributed by atoms with Gasteiger partial charge in [-0.3, -0.25) is 4.98 Å². The van der Waals surface area contributed by atoms with E-state index in [1.54, 1.807) is 50.7 Å². The third-order valence-electron chi connectivity index (χ3n) is 2.77. The first-order valence-electron chi connectivity index (χ1n) is 5.67. The predicted octanol–water partition coefficient (Wildman–Crippen LogP) is 2.83. The number of aliphatic hydroxyl groups is 1. The molecule has 19 heavy (non-hydrogen) atoms. The Morgan fingerprint density at radius 1 is 1.16 bits per heavy atom. The van der Waals surface area contributed by atoms with Gasteiger partial charge in [0.25, 0.3) is 0 Å². The van der Waals surface area contributed by atoms with Gasteiger partial charge in [-0.2, -0.15) is 0 Å². The van der Waals surface area contributed by atoms with Crippen LogP contribution < -0.4 is 9.47 Å². The molecular weight excluding hydrogens is 266 g/mol. The van der Waals surface area contributed by atoms with Crippen LogP contribution in [0.1, 0.15) is 17.4 Å². The second-order valence-electron chi connectivity index (χ2n) is 3.89. The Labute approximate surface area is 116 Å². The molecule has 0 bridgehead atoms. The number of nitrogens with zero attached hydrogens (tertiary/aromatic N) is 1. The molecule has 0 radical (unpaired) electrons. The van der Waals surface area contributed by atoms with Crippen molar-refractivity contribution < 1.29 is 14.6 Å². The van der Waals surface area contributed by atoms with Crippen LogP contribution in [0.5, 0.6) is 11.5 Å². The Morgan fingerprint density at radius 2 is 1.89 bits per heavy atom. The Balaban J connectivity index is 2.39. The van der Waals surface area contributed by atoms with Gasteiger partial charge in [-0.25, -0.2) is 0 Å². The van der Waals surface area contributed by atoms with Gasteiger partial charge in [0, 0.05) is 6.20 Å². The van der Waals surface area contributed by atoms with Crippen LogP contribution in [0.15, 0.2) is 36.5 Å². The highest BCUT2D eigenvalue weighted by Gasteiger charge is 2.17.